The van der Waals surface area contributed by atoms with Crippen LogP contribution in [-0.4, -0.2) is 34.9 Å². The number of rotatable bonds is 2. The second-order valence-electron chi connectivity index (χ2n) is 5.14. The zero-order chi connectivity index (χ0) is 13.5. The number of aromatic nitrogens is 2. The predicted molar refractivity (Wildman–Crippen MR) is 69.4 cm³/mol. The topological polar surface area (TPSA) is 81.2 Å². The highest BCUT2D eigenvalue weighted by atomic mass is 32.2. The molecule has 2 unspecified atom stereocenters. The number of aryl methyl sites for hydroxylation is 1. The van der Waals surface area contributed by atoms with Crippen molar-refractivity contribution in [2.45, 2.75) is 37.8 Å². The number of nitrogen functional groups attached to an aromatic ring is 1. The van der Waals surface area contributed by atoms with Crippen LogP contribution in [0.15, 0.2) is 11.4 Å². The Kier molecular flexibility index (Phi) is 3.37. The fourth-order valence-electron chi connectivity index (χ4n) is 2.61. The summed E-state index contributed by atoms with van der Waals surface area (Å²) >= 11 is 0. The molecule has 0 spiro atoms. The van der Waals surface area contributed by atoms with Crippen molar-refractivity contribution in [2.75, 3.05) is 12.3 Å². The molecule has 2 N–H and O–H groups in total. The summed E-state index contributed by atoms with van der Waals surface area (Å²) in [5.41, 5.74) is 5.67. The molecule has 6 nitrogen and oxygen atoms in total. The molecule has 1 aliphatic rings. The van der Waals surface area contributed by atoms with Gasteiger partial charge in [0.05, 0.1) is 6.33 Å². The normalized spacial score (nSPS) is 26.4. The largest absolute Gasteiger partial charge is 0.381 e. The molecule has 0 aliphatic carbocycles. The Morgan fingerprint density at radius 2 is 2.11 bits per heavy atom. The van der Waals surface area contributed by atoms with E-state index >= 15 is 0 Å². The van der Waals surface area contributed by atoms with Gasteiger partial charge in [-0.3, -0.25) is 0 Å². The van der Waals surface area contributed by atoms with Crippen LogP contribution in [0.1, 0.15) is 26.7 Å². The van der Waals surface area contributed by atoms with Gasteiger partial charge in [0.2, 0.25) is 0 Å². The first-order chi connectivity index (χ1) is 8.34. The summed E-state index contributed by atoms with van der Waals surface area (Å²) in [6.07, 6.45) is 3.21. The van der Waals surface area contributed by atoms with E-state index in [0.29, 0.717) is 12.5 Å². The van der Waals surface area contributed by atoms with Gasteiger partial charge >= 0.3 is 0 Å². The molecule has 18 heavy (non-hydrogen) atoms. The number of sulfonamides is 1. The summed E-state index contributed by atoms with van der Waals surface area (Å²) in [6.45, 7) is 4.65. The summed E-state index contributed by atoms with van der Waals surface area (Å²) < 4.78 is 28.2. The third kappa shape index (κ3) is 2.12. The monoisotopic (exact) mass is 272 g/mol. The molecular weight excluding hydrogens is 252 g/mol. The van der Waals surface area contributed by atoms with E-state index in [1.165, 1.54) is 10.9 Å². The highest BCUT2D eigenvalue weighted by Gasteiger charge is 2.36. The molecule has 2 atom stereocenters. The first-order valence-electron chi connectivity index (χ1n) is 6.12. The molecule has 0 saturated carbocycles. The number of hydrogen-bond acceptors (Lipinski definition) is 4. The smallest absolute Gasteiger partial charge is 0.262 e. The Morgan fingerprint density at radius 3 is 2.61 bits per heavy atom. The second-order valence-corrected chi connectivity index (χ2v) is 6.95. The lowest BCUT2D eigenvalue weighted by molar-refractivity contribution is 0.219. The molecule has 0 amide bonds. The zero-order valence-electron chi connectivity index (χ0n) is 11.0. The van der Waals surface area contributed by atoms with Crippen molar-refractivity contribution >= 4 is 15.8 Å². The van der Waals surface area contributed by atoms with E-state index in [9.17, 15) is 8.42 Å². The van der Waals surface area contributed by atoms with Crippen molar-refractivity contribution in [3.05, 3.63) is 6.33 Å². The SMILES string of the molecule is CC1CCN(S(=O)(=O)c2c(N)ncn2C)C(C)C1. The van der Waals surface area contributed by atoms with Gasteiger partial charge in [-0.05, 0) is 25.7 Å². The highest BCUT2D eigenvalue weighted by Crippen LogP contribution is 2.29. The number of imidazole rings is 1. The Hall–Kier alpha value is -1.08. The molecule has 7 heteroatoms. The van der Waals surface area contributed by atoms with Crippen LogP contribution in [0.2, 0.25) is 0 Å². The molecule has 1 aromatic rings. The summed E-state index contributed by atoms with van der Waals surface area (Å²) in [5, 5.41) is 0.101. The van der Waals surface area contributed by atoms with Gasteiger partial charge in [0.15, 0.2) is 10.8 Å². The molecule has 1 aromatic heterocycles. The van der Waals surface area contributed by atoms with Gasteiger partial charge in [-0.25, -0.2) is 13.4 Å². The van der Waals surface area contributed by atoms with E-state index in [2.05, 4.69) is 11.9 Å². The third-order valence-electron chi connectivity index (χ3n) is 3.54. The van der Waals surface area contributed by atoms with E-state index in [4.69, 9.17) is 5.73 Å². The fraction of sp³-hybridized carbons (Fsp3) is 0.727. The van der Waals surface area contributed by atoms with Gasteiger partial charge in [-0.15, -0.1) is 0 Å². The second kappa shape index (κ2) is 4.55. The molecule has 1 saturated heterocycles. The Balaban J connectivity index is 2.38. The van der Waals surface area contributed by atoms with Gasteiger partial charge in [0.25, 0.3) is 10.0 Å². The molecule has 0 aromatic carbocycles. The molecule has 1 fully saturated rings. The molecule has 2 heterocycles. The fourth-order valence-corrected chi connectivity index (χ4v) is 4.46. The van der Waals surface area contributed by atoms with Crippen LogP contribution in [0.4, 0.5) is 5.82 Å². The number of hydrogen-bond donors (Lipinski definition) is 1. The molecule has 2 rings (SSSR count). The maximum Gasteiger partial charge on any atom is 0.262 e. The predicted octanol–water partition coefficient (Wildman–Crippen LogP) is 0.811. The number of nitrogens with zero attached hydrogens (tertiary/aromatic N) is 3. The summed E-state index contributed by atoms with van der Waals surface area (Å²) in [6, 6.07) is 0.00745. The lowest BCUT2D eigenvalue weighted by Crippen LogP contribution is -2.44. The molecular formula is C11H20N4O2S. The average molecular weight is 272 g/mol. The van der Waals surface area contributed by atoms with Gasteiger partial charge in [-0.1, -0.05) is 6.92 Å². The van der Waals surface area contributed by atoms with Crippen LogP contribution in [0.5, 0.6) is 0 Å². The van der Waals surface area contributed by atoms with Crippen LogP contribution in [0, 0.1) is 5.92 Å². The van der Waals surface area contributed by atoms with Crippen molar-refractivity contribution in [1.82, 2.24) is 13.9 Å². The minimum absolute atomic E-state index is 0.00745. The Bertz CT molecular complexity index is 518. The first kappa shape index (κ1) is 13.4. The first-order valence-corrected chi connectivity index (χ1v) is 7.56. The van der Waals surface area contributed by atoms with Crippen molar-refractivity contribution in [2.24, 2.45) is 13.0 Å². The molecule has 0 radical (unpaired) electrons. The minimum atomic E-state index is -3.54. The standard InChI is InChI=1S/C11H20N4O2S/c1-8-4-5-15(9(2)6-8)18(16,17)11-10(12)13-7-14(11)3/h7-9H,4-6,12H2,1-3H3. The van der Waals surface area contributed by atoms with Crippen molar-refractivity contribution in [3.8, 4) is 0 Å². The highest BCUT2D eigenvalue weighted by molar-refractivity contribution is 7.89. The van der Waals surface area contributed by atoms with Gasteiger partial charge in [0, 0.05) is 19.6 Å². The average Bonchev–Trinajstić information content (AvgIpc) is 2.58. The quantitative estimate of drug-likeness (QED) is 0.864. The molecule has 1 aliphatic heterocycles. The summed E-state index contributed by atoms with van der Waals surface area (Å²) in [5.74, 6) is 0.638. The van der Waals surface area contributed by atoms with E-state index in [1.54, 1.807) is 11.4 Å². The van der Waals surface area contributed by atoms with Crippen LogP contribution >= 0.6 is 0 Å². The lowest BCUT2D eigenvalue weighted by atomic mass is 9.95. The summed E-state index contributed by atoms with van der Waals surface area (Å²) in [4.78, 5) is 3.85. The molecule has 0 bridgehead atoms. The number of anilines is 1. The summed E-state index contributed by atoms with van der Waals surface area (Å²) in [7, 11) is -1.90. The van der Waals surface area contributed by atoms with Crippen LogP contribution < -0.4 is 5.73 Å². The number of piperidine rings is 1. The lowest BCUT2D eigenvalue weighted by Gasteiger charge is -2.35. The van der Waals surface area contributed by atoms with Crippen LogP contribution in [-0.2, 0) is 17.1 Å². The maximum absolute atomic E-state index is 12.6. The van der Waals surface area contributed by atoms with Crippen LogP contribution in [0.3, 0.4) is 0 Å². The molecule has 102 valence electrons. The minimum Gasteiger partial charge on any atom is -0.381 e. The van der Waals surface area contributed by atoms with E-state index in [0.717, 1.165) is 12.8 Å². The third-order valence-corrected chi connectivity index (χ3v) is 5.69. The van der Waals surface area contributed by atoms with Gasteiger partial charge < -0.3 is 10.3 Å². The van der Waals surface area contributed by atoms with Crippen molar-refractivity contribution in [3.63, 3.8) is 0 Å². The van der Waals surface area contributed by atoms with E-state index < -0.39 is 10.0 Å². The number of nitrogens with two attached hydrogens (primary N) is 1. The Labute approximate surface area is 108 Å². The van der Waals surface area contributed by atoms with E-state index in [1.807, 2.05) is 6.92 Å². The zero-order valence-corrected chi connectivity index (χ0v) is 11.8. The van der Waals surface area contributed by atoms with Gasteiger partial charge in [-0.2, -0.15) is 4.31 Å². The van der Waals surface area contributed by atoms with E-state index in [-0.39, 0.29) is 16.9 Å². The van der Waals surface area contributed by atoms with Crippen molar-refractivity contribution in [1.29, 1.82) is 0 Å². The van der Waals surface area contributed by atoms with Crippen LogP contribution in [0.25, 0.3) is 0 Å². The Morgan fingerprint density at radius 1 is 1.44 bits per heavy atom. The maximum atomic E-state index is 12.6. The van der Waals surface area contributed by atoms with Crippen molar-refractivity contribution < 1.29 is 8.42 Å². The van der Waals surface area contributed by atoms with Gasteiger partial charge in [0.1, 0.15) is 0 Å².